The van der Waals surface area contributed by atoms with Gasteiger partial charge in [-0.1, -0.05) is 42.8 Å². The Bertz CT molecular complexity index is 753. The molecular weight excluding hydrogens is 288 g/mol. The molecule has 3 N–H and O–H groups in total. The summed E-state index contributed by atoms with van der Waals surface area (Å²) in [7, 11) is 0. The van der Waals surface area contributed by atoms with Crippen molar-refractivity contribution in [2.75, 3.05) is 18.4 Å². The van der Waals surface area contributed by atoms with Gasteiger partial charge in [0.1, 0.15) is 0 Å². The van der Waals surface area contributed by atoms with E-state index in [4.69, 9.17) is 5.73 Å². The van der Waals surface area contributed by atoms with Crippen LogP contribution in [0.3, 0.4) is 0 Å². The Morgan fingerprint density at radius 3 is 2.22 bits per heavy atom. The van der Waals surface area contributed by atoms with Gasteiger partial charge in [-0.2, -0.15) is 0 Å². The zero-order chi connectivity index (χ0) is 16.2. The summed E-state index contributed by atoms with van der Waals surface area (Å²) >= 11 is 0. The van der Waals surface area contributed by atoms with Gasteiger partial charge in [-0.15, -0.1) is 0 Å². The van der Waals surface area contributed by atoms with Crippen molar-refractivity contribution >= 4 is 17.3 Å². The minimum absolute atomic E-state index is 0.0815. The fraction of sp³-hybridized carbons (Fsp3) is 0.263. The van der Waals surface area contributed by atoms with Crippen molar-refractivity contribution in [2.45, 2.75) is 19.3 Å². The quantitative estimate of drug-likeness (QED) is 0.687. The molecule has 0 amide bonds. The van der Waals surface area contributed by atoms with Crippen LogP contribution in [-0.2, 0) is 0 Å². The van der Waals surface area contributed by atoms with Crippen LogP contribution in [0.1, 0.15) is 51.1 Å². The van der Waals surface area contributed by atoms with Gasteiger partial charge < -0.3 is 11.1 Å². The van der Waals surface area contributed by atoms with Crippen molar-refractivity contribution in [3.8, 4) is 0 Å². The van der Waals surface area contributed by atoms with E-state index in [0.29, 0.717) is 28.8 Å². The number of ketones is 2. The highest BCUT2D eigenvalue weighted by Crippen LogP contribution is 2.31. The van der Waals surface area contributed by atoms with E-state index in [0.717, 1.165) is 31.5 Å². The molecule has 2 aromatic rings. The van der Waals surface area contributed by atoms with Gasteiger partial charge in [-0.05, 0) is 25.5 Å². The molecule has 0 atom stereocenters. The summed E-state index contributed by atoms with van der Waals surface area (Å²) in [5.41, 5.74) is 8.19. The Morgan fingerprint density at radius 2 is 1.48 bits per heavy atom. The summed E-state index contributed by atoms with van der Waals surface area (Å²) < 4.78 is 0. The zero-order valence-electron chi connectivity index (χ0n) is 13.0. The number of benzene rings is 2. The van der Waals surface area contributed by atoms with Crippen LogP contribution in [0.25, 0.3) is 0 Å². The summed E-state index contributed by atoms with van der Waals surface area (Å²) in [6.07, 6.45) is 3.03. The third-order valence-corrected chi connectivity index (χ3v) is 4.15. The van der Waals surface area contributed by atoms with E-state index in [2.05, 4.69) is 5.32 Å². The van der Waals surface area contributed by atoms with Crippen molar-refractivity contribution in [2.24, 2.45) is 5.73 Å². The molecule has 4 heteroatoms. The molecule has 2 aromatic carbocycles. The SMILES string of the molecule is NCCCCCNc1cccc2c1C(=O)c1ccccc1C2=O. The van der Waals surface area contributed by atoms with Crippen LogP contribution in [-0.4, -0.2) is 24.7 Å². The Labute approximate surface area is 135 Å². The maximum absolute atomic E-state index is 12.8. The maximum Gasteiger partial charge on any atom is 0.196 e. The topological polar surface area (TPSA) is 72.2 Å². The molecule has 0 fully saturated rings. The number of hydrogen-bond acceptors (Lipinski definition) is 4. The first kappa shape index (κ1) is 15.4. The smallest absolute Gasteiger partial charge is 0.196 e. The number of hydrogen-bond donors (Lipinski definition) is 2. The second kappa shape index (κ2) is 6.75. The van der Waals surface area contributed by atoms with Crippen LogP contribution in [0.2, 0.25) is 0 Å². The van der Waals surface area contributed by atoms with Crippen molar-refractivity contribution in [3.05, 3.63) is 64.7 Å². The number of carbonyl (C=O) groups is 2. The van der Waals surface area contributed by atoms with Gasteiger partial charge in [0.05, 0.1) is 5.56 Å². The van der Waals surface area contributed by atoms with Gasteiger partial charge in [0.15, 0.2) is 11.6 Å². The number of nitrogens with two attached hydrogens (primary N) is 1. The van der Waals surface area contributed by atoms with Gasteiger partial charge >= 0.3 is 0 Å². The number of carbonyl (C=O) groups excluding carboxylic acids is 2. The van der Waals surface area contributed by atoms with E-state index in [1.165, 1.54) is 0 Å². The van der Waals surface area contributed by atoms with Crippen LogP contribution >= 0.6 is 0 Å². The summed E-state index contributed by atoms with van der Waals surface area (Å²) in [6.45, 7) is 1.46. The minimum Gasteiger partial charge on any atom is -0.384 e. The normalized spacial score (nSPS) is 12.7. The van der Waals surface area contributed by atoms with Crippen molar-refractivity contribution < 1.29 is 9.59 Å². The molecule has 3 rings (SSSR count). The summed E-state index contributed by atoms with van der Waals surface area (Å²) in [5, 5.41) is 3.30. The maximum atomic E-state index is 12.8. The molecule has 0 aliphatic heterocycles. The van der Waals surface area contributed by atoms with Crippen LogP contribution in [0.15, 0.2) is 42.5 Å². The molecule has 0 saturated carbocycles. The predicted molar refractivity (Wildman–Crippen MR) is 91.1 cm³/mol. The highest BCUT2D eigenvalue weighted by atomic mass is 16.1. The lowest BCUT2D eigenvalue weighted by atomic mass is 9.83. The van der Waals surface area contributed by atoms with Gasteiger partial charge in [-0.25, -0.2) is 0 Å². The third-order valence-electron chi connectivity index (χ3n) is 4.15. The second-order valence-corrected chi connectivity index (χ2v) is 5.71. The van der Waals surface area contributed by atoms with Crippen LogP contribution in [0.5, 0.6) is 0 Å². The number of unbranched alkanes of at least 4 members (excludes halogenated alkanes) is 2. The number of rotatable bonds is 6. The van der Waals surface area contributed by atoms with Crippen molar-refractivity contribution in [1.82, 2.24) is 0 Å². The standard InChI is InChI=1S/C19H20N2O2/c20-11-4-1-5-12-21-16-10-6-9-15-17(16)19(23)14-8-3-2-7-13(14)18(15)22/h2-3,6-10,21H,1,4-5,11-12,20H2. The molecule has 0 saturated heterocycles. The Balaban J connectivity index is 1.88. The lowest BCUT2D eigenvalue weighted by Crippen LogP contribution is -2.22. The molecule has 1 aliphatic carbocycles. The van der Waals surface area contributed by atoms with Crippen molar-refractivity contribution in [3.63, 3.8) is 0 Å². The summed E-state index contributed by atoms with van der Waals surface area (Å²) in [6, 6.07) is 12.4. The zero-order valence-corrected chi connectivity index (χ0v) is 13.0. The summed E-state index contributed by atoms with van der Waals surface area (Å²) in [5.74, 6) is -0.165. The Morgan fingerprint density at radius 1 is 0.783 bits per heavy atom. The first-order valence-electron chi connectivity index (χ1n) is 7.99. The van der Waals surface area contributed by atoms with Gasteiger partial charge in [0.2, 0.25) is 0 Å². The molecule has 1 aliphatic rings. The van der Waals surface area contributed by atoms with E-state index in [-0.39, 0.29) is 11.6 Å². The average molecular weight is 308 g/mol. The molecule has 0 unspecified atom stereocenters. The third kappa shape index (κ3) is 2.90. The first-order chi connectivity index (χ1) is 11.2. The lowest BCUT2D eigenvalue weighted by molar-refractivity contribution is 0.0979. The van der Waals surface area contributed by atoms with Crippen LogP contribution in [0, 0.1) is 0 Å². The molecule has 0 bridgehead atoms. The Hall–Kier alpha value is -2.46. The van der Waals surface area contributed by atoms with Gasteiger partial charge in [0, 0.05) is 28.9 Å². The first-order valence-corrected chi connectivity index (χ1v) is 7.99. The summed E-state index contributed by atoms with van der Waals surface area (Å²) in [4.78, 5) is 25.4. The van der Waals surface area contributed by atoms with E-state index in [1.54, 1.807) is 30.3 Å². The highest BCUT2D eigenvalue weighted by molar-refractivity contribution is 6.30. The molecule has 118 valence electrons. The van der Waals surface area contributed by atoms with E-state index in [9.17, 15) is 9.59 Å². The van der Waals surface area contributed by atoms with E-state index < -0.39 is 0 Å². The average Bonchev–Trinajstić information content (AvgIpc) is 2.59. The number of fused-ring (bicyclic) bond motifs is 2. The Kier molecular flexibility index (Phi) is 4.53. The van der Waals surface area contributed by atoms with Crippen molar-refractivity contribution in [1.29, 1.82) is 0 Å². The number of nitrogens with one attached hydrogen (secondary N) is 1. The van der Waals surface area contributed by atoms with E-state index >= 15 is 0 Å². The fourth-order valence-electron chi connectivity index (χ4n) is 2.96. The van der Waals surface area contributed by atoms with E-state index in [1.807, 2.05) is 12.1 Å². The molecule has 23 heavy (non-hydrogen) atoms. The van der Waals surface area contributed by atoms with Crippen LogP contribution < -0.4 is 11.1 Å². The highest BCUT2D eigenvalue weighted by Gasteiger charge is 2.31. The molecule has 0 spiro atoms. The van der Waals surface area contributed by atoms with Gasteiger partial charge in [-0.3, -0.25) is 9.59 Å². The van der Waals surface area contributed by atoms with Crippen LogP contribution in [0.4, 0.5) is 5.69 Å². The molecular formula is C19H20N2O2. The molecule has 0 heterocycles. The largest absolute Gasteiger partial charge is 0.384 e. The molecule has 0 radical (unpaired) electrons. The lowest BCUT2D eigenvalue weighted by Gasteiger charge is -2.20. The molecule has 4 nitrogen and oxygen atoms in total. The predicted octanol–water partition coefficient (Wildman–Crippen LogP) is 3.00. The number of anilines is 1. The fourth-order valence-corrected chi connectivity index (χ4v) is 2.96. The van der Waals surface area contributed by atoms with Gasteiger partial charge in [0.25, 0.3) is 0 Å². The second-order valence-electron chi connectivity index (χ2n) is 5.71. The monoisotopic (exact) mass is 308 g/mol. The minimum atomic E-state index is -0.0831. The molecule has 0 aromatic heterocycles.